The van der Waals surface area contributed by atoms with Gasteiger partial charge in [0, 0.05) is 18.5 Å². The first kappa shape index (κ1) is 17.4. The lowest BCUT2D eigenvalue weighted by Gasteiger charge is -2.14. The van der Waals surface area contributed by atoms with Crippen molar-refractivity contribution in [2.45, 2.75) is 26.4 Å². The van der Waals surface area contributed by atoms with E-state index in [0.29, 0.717) is 31.8 Å². The van der Waals surface area contributed by atoms with Gasteiger partial charge in [0.05, 0.1) is 18.0 Å². The molecule has 25 heavy (non-hydrogen) atoms. The van der Waals surface area contributed by atoms with Crippen molar-refractivity contribution in [2.75, 3.05) is 13.1 Å². The van der Waals surface area contributed by atoms with Gasteiger partial charge in [-0.2, -0.15) is 0 Å². The zero-order chi connectivity index (χ0) is 17.8. The van der Waals surface area contributed by atoms with Crippen LogP contribution in [-0.2, 0) is 22.6 Å². The normalized spacial score (nSPS) is 16.8. The van der Waals surface area contributed by atoms with Crippen LogP contribution < -0.4 is 4.74 Å². The van der Waals surface area contributed by atoms with Crippen LogP contribution in [0.5, 0.6) is 5.75 Å². The quantitative estimate of drug-likeness (QED) is 0.856. The first-order valence-electron chi connectivity index (χ1n) is 8.14. The number of aliphatic carboxylic acids is 1. The summed E-state index contributed by atoms with van der Waals surface area (Å²) in [5.74, 6) is -0.562. The van der Waals surface area contributed by atoms with Gasteiger partial charge >= 0.3 is 5.97 Å². The van der Waals surface area contributed by atoms with Crippen LogP contribution in [0.15, 0.2) is 29.6 Å². The van der Waals surface area contributed by atoms with Gasteiger partial charge in [-0.05, 0) is 25.5 Å². The average Bonchev–Trinajstić information content (AvgIpc) is 3.24. The van der Waals surface area contributed by atoms with Crippen molar-refractivity contribution >= 4 is 23.2 Å². The molecule has 0 aliphatic carbocycles. The van der Waals surface area contributed by atoms with Crippen LogP contribution in [0.1, 0.15) is 22.7 Å². The number of aryl methyl sites for hydroxylation is 1. The maximum Gasteiger partial charge on any atom is 0.308 e. The zero-order valence-corrected chi connectivity index (χ0v) is 14.8. The van der Waals surface area contributed by atoms with Gasteiger partial charge in [-0.25, -0.2) is 4.98 Å². The van der Waals surface area contributed by atoms with Crippen molar-refractivity contribution in [3.63, 3.8) is 0 Å². The molecule has 0 saturated carbocycles. The highest BCUT2D eigenvalue weighted by Crippen LogP contribution is 2.19. The first-order valence-corrected chi connectivity index (χ1v) is 9.02. The van der Waals surface area contributed by atoms with Crippen molar-refractivity contribution in [1.29, 1.82) is 0 Å². The van der Waals surface area contributed by atoms with Crippen molar-refractivity contribution in [2.24, 2.45) is 5.92 Å². The molecule has 3 rings (SSSR count). The Bertz CT molecular complexity index is 757. The number of carboxylic acid groups (broad SMARTS) is 1. The SMILES string of the molecule is Cc1ccc(OCc2nc(CC(=O)N3CCC(C(=O)O)C3)cs2)cc1. The summed E-state index contributed by atoms with van der Waals surface area (Å²) in [6, 6.07) is 7.81. The van der Waals surface area contributed by atoms with Crippen LogP contribution in [0.2, 0.25) is 0 Å². The first-order chi connectivity index (χ1) is 12.0. The van der Waals surface area contributed by atoms with Crippen molar-refractivity contribution in [3.8, 4) is 5.75 Å². The van der Waals surface area contributed by atoms with Gasteiger partial charge < -0.3 is 14.7 Å². The third kappa shape index (κ3) is 4.57. The number of hydrogen-bond donors (Lipinski definition) is 1. The van der Waals surface area contributed by atoms with Crippen LogP contribution in [0.4, 0.5) is 0 Å². The minimum atomic E-state index is -0.834. The molecule has 1 saturated heterocycles. The van der Waals surface area contributed by atoms with E-state index >= 15 is 0 Å². The van der Waals surface area contributed by atoms with E-state index in [0.717, 1.165) is 10.8 Å². The van der Waals surface area contributed by atoms with E-state index < -0.39 is 11.9 Å². The highest BCUT2D eigenvalue weighted by Gasteiger charge is 2.30. The van der Waals surface area contributed by atoms with Gasteiger partial charge in [-0.15, -0.1) is 11.3 Å². The second-order valence-corrected chi connectivity index (χ2v) is 7.12. The molecular formula is C18H20N2O4S. The number of amides is 1. The minimum Gasteiger partial charge on any atom is -0.486 e. The van der Waals surface area contributed by atoms with E-state index in [1.54, 1.807) is 4.90 Å². The maximum atomic E-state index is 12.3. The molecule has 1 N–H and O–H groups in total. The lowest BCUT2D eigenvalue weighted by Crippen LogP contribution is -2.31. The average molecular weight is 360 g/mol. The number of benzene rings is 1. The topological polar surface area (TPSA) is 79.7 Å². The van der Waals surface area contributed by atoms with Crippen molar-refractivity contribution in [1.82, 2.24) is 9.88 Å². The molecule has 1 aromatic heterocycles. The van der Waals surface area contributed by atoms with Gasteiger partial charge in [-0.3, -0.25) is 9.59 Å². The fourth-order valence-electron chi connectivity index (χ4n) is 2.73. The van der Waals surface area contributed by atoms with Gasteiger partial charge in [0.2, 0.25) is 5.91 Å². The Morgan fingerprint density at radius 1 is 1.36 bits per heavy atom. The molecule has 1 aliphatic rings. The molecule has 2 heterocycles. The summed E-state index contributed by atoms with van der Waals surface area (Å²) in [6.07, 6.45) is 0.723. The Hall–Kier alpha value is -2.41. The molecule has 1 amide bonds. The third-order valence-corrected chi connectivity index (χ3v) is 5.08. The number of nitrogens with zero attached hydrogens (tertiary/aromatic N) is 2. The van der Waals surface area contributed by atoms with E-state index in [-0.39, 0.29) is 12.3 Å². The van der Waals surface area contributed by atoms with Crippen LogP contribution in [-0.4, -0.2) is 40.0 Å². The summed E-state index contributed by atoms with van der Waals surface area (Å²) < 4.78 is 5.69. The molecule has 0 radical (unpaired) electrons. The predicted octanol–water partition coefficient (Wildman–Crippen LogP) is 2.51. The Morgan fingerprint density at radius 2 is 2.12 bits per heavy atom. The number of carbonyl (C=O) groups is 2. The lowest BCUT2D eigenvalue weighted by molar-refractivity contribution is -0.141. The van der Waals surface area contributed by atoms with E-state index in [4.69, 9.17) is 9.84 Å². The number of aromatic nitrogens is 1. The molecule has 1 aromatic carbocycles. The number of ether oxygens (including phenoxy) is 1. The summed E-state index contributed by atoms with van der Waals surface area (Å²) in [6.45, 7) is 3.19. The summed E-state index contributed by atoms with van der Waals surface area (Å²) in [4.78, 5) is 29.3. The zero-order valence-electron chi connectivity index (χ0n) is 14.0. The molecule has 132 valence electrons. The molecule has 0 spiro atoms. The molecule has 1 aliphatic heterocycles. The third-order valence-electron chi connectivity index (χ3n) is 4.21. The molecule has 6 nitrogen and oxygen atoms in total. The Labute approximate surface area is 150 Å². The van der Waals surface area contributed by atoms with E-state index in [9.17, 15) is 9.59 Å². The number of likely N-dealkylation sites (tertiary alicyclic amines) is 1. The van der Waals surface area contributed by atoms with E-state index in [1.807, 2.05) is 36.6 Å². The standard InChI is InChI=1S/C18H20N2O4S/c1-12-2-4-15(5-3-12)24-10-16-19-14(11-25-16)8-17(21)20-7-6-13(9-20)18(22)23/h2-5,11,13H,6-10H2,1H3,(H,22,23). The second kappa shape index (κ2) is 7.65. The highest BCUT2D eigenvalue weighted by molar-refractivity contribution is 7.09. The number of carbonyl (C=O) groups excluding carboxylic acids is 1. The molecule has 7 heteroatoms. The number of thiazole rings is 1. The fraction of sp³-hybridized carbons (Fsp3) is 0.389. The molecule has 1 fully saturated rings. The minimum absolute atomic E-state index is 0.0694. The molecule has 2 aromatic rings. The smallest absolute Gasteiger partial charge is 0.308 e. The Morgan fingerprint density at radius 3 is 2.80 bits per heavy atom. The predicted molar refractivity (Wildman–Crippen MR) is 93.7 cm³/mol. The molecule has 1 unspecified atom stereocenters. The summed E-state index contributed by atoms with van der Waals surface area (Å²) in [5, 5.41) is 11.7. The molecular weight excluding hydrogens is 340 g/mol. The summed E-state index contributed by atoms with van der Waals surface area (Å²) in [7, 11) is 0. The van der Waals surface area contributed by atoms with Crippen LogP contribution in [0.3, 0.4) is 0 Å². The lowest BCUT2D eigenvalue weighted by atomic mass is 10.1. The second-order valence-electron chi connectivity index (χ2n) is 6.17. The number of rotatable bonds is 6. The Kier molecular flexibility index (Phi) is 5.33. The largest absolute Gasteiger partial charge is 0.486 e. The van der Waals surface area contributed by atoms with Gasteiger partial charge in [0.1, 0.15) is 17.4 Å². The maximum absolute atomic E-state index is 12.3. The van der Waals surface area contributed by atoms with E-state index in [2.05, 4.69) is 4.98 Å². The summed E-state index contributed by atoms with van der Waals surface area (Å²) >= 11 is 1.46. The fourth-order valence-corrected chi connectivity index (χ4v) is 3.44. The highest BCUT2D eigenvalue weighted by atomic mass is 32.1. The van der Waals surface area contributed by atoms with Crippen molar-refractivity contribution in [3.05, 3.63) is 45.9 Å². The monoisotopic (exact) mass is 360 g/mol. The molecule has 1 atom stereocenters. The van der Waals surface area contributed by atoms with Gasteiger partial charge in [0.25, 0.3) is 0 Å². The van der Waals surface area contributed by atoms with Gasteiger partial charge in [0.15, 0.2) is 0 Å². The number of carboxylic acids is 1. The van der Waals surface area contributed by atoms with E-state index in [1.165, 1.54) is 16.9 Å². The van der Waals surface area contributed by atoms with Gasteiger partial charge in [-0.1, -0.05) is 17.7 Å². The number of hydrogen-bond acceptors (Lipinski definition) is 5. The Balaban J connectivity index is 1.50. The summed E-state index contributed by atoms with van der Waals surface area (Å²) in [5.41, 5.74) is 1.88. The molecule has 0 bridgehead atoms. The van der Waals surface area contributed by atoms with Crippen LogP contribution in [0.25, 0.3) is 0 Å². The van der Waals surface area contributed by atoms with Crippen LogP contribution >= 0.6 is 11.3 Å². The van der Waals surface area contributed by atoms with Crippen LogP contribution in [0, 0.1) is 12.8 Å². The van der Waals surface area contributed by atoms with Crippen molar-refractivity contribution < 1.29 is 19.4 Å².